The van der Waals surface area contributed by atoms with Crippen LogP contribution >= 0.6 is 0 Å². The molecular formula is C14H20O4. The van der Waals surface area contributed by atoms with E-state index in [1.54, 1.807) is 25.3 Å². The van der Waals surface area contributed by atoms with E-state index in [9.17, 15) is 4.79 Å². The van der Waals surface area contributed by atoms with E-state index in [1.807, 2.05) is 20.8 Å². The van der Waals surface area contributed by atoms with E-state index in [0.717, 1.165) is 6.29 Å². The molecule has 100 valence electrons. The van der Waals surface area contributed by atoms with Crippen LogP contribution in [0.5, 0.6) is 11.5 Å². The van der Waals surface area contributed by atoms with Crippen LogP contribution in [-0.2, 0) is 4.74 Å². The van der Waals surface area contributed by atoms with E-state index >= 15 is 0 Å². The van der Waals surface area contributed by atoms with Crippen LogP contribution in [0.3, 0.4) is 0 Å². The number of hydrogen-bond donors (Lipinski definition) is 0. The van der Waals surface area contributed by atoms with E-state index in [-0.39, 0.29) is 5.60 Å². The maximum Gasteiger partial charge on any atom is 0.153 e. The number of aldehydes is 1. The van der Waals surface area contributed by atoms with Crippen LogP contribution in [-0.4, -0.2) is 32.2 Å². The van der Waals surface area contributed by atoms with Gasteiger partial charge in [0.15, 0.2) is 6.29 Å². The van der Waals surface area contributed by atoms with Crippen LogP contribution in [0.4, 0.5) is 0 Å². The maximum absolute atomic E-state index is 10.9. The summed E-state index contributed by atoms with van der Waals surface area (Å²) in [6.45, 7) is 6.84. The van der Waals surface area contributed by atoms with Crippen LogP contribution in [0.25, 0.3) is 0 Å². The molecule has 0 amide bonds. The number of rotatable bonds is 6. The SMILES string of the molecule is COc1ccc(OCCOC(C)(C)C)c(C=O)c1. The lowest BCUT2D eigenvalue weighted by molar-refractivity contribution is -0.0163. The topological polar surface area (TPSA) is 44.8 Å². The fraction of sp³-hybridized carbons (Fsp3) is 0.500. The highest BCUT2D eigenvalue weighted by atomic mass is 16.5. The Morgan fingerprint density at radius 1 is 1.22 bits per heavy atom. The monoisotopic (exact) mass is 252 g/mol. The predicted octanol–water partition coefficient (Wildman–Crippen LogP) is 2.70. The molecule has 1 rings (SSSR count). The summed E-state index contributed by atoms with van der Waals surface area (Å²) in [5, 5.41) is 0. The van der Waals surface area contributed by atoms with Crippen molar-refractivity contribution in [3.05, 3.63) is 23.8 Å². The van der Waals surface area contributed by atoms with Gasteiger partial charge in [-0.25, -0.2) is 0 Å². The largest absolute Gasteiger partial charge is 0.497 e. The van der Waals surface area contributed by atoms with Gasteiger partial charge in [-0.1, -0.05) is 0 Å². The Balaban J connectivity index is 2.54. The zero-order valence-corrected chi connectivity index (χ0v) is 11.4. The predicted molar refractivity (Wildman–Crippen MR) is 69.6 cm³/mol. The lowest BCUT2D eigenvalue weighted by Gasteiger charge is -2.19. The Kier molecular flexibility index (Phi) is 5.16. The van der Waals surface area contributed by atoms with Crippen molar-refractivity contribution < 1.29 is 19.0 Å². The Hall–Kier alpha value is -1.55. The van der Waals surface area contributed by atoms with Gasteiger partial charge in [0.1, 0.15) is 18.1 Å². The molecular weight excluding hydrogens is 232 g/mol. The molecule has 0 bridgehead atoms. The molecule has 0 spiro atoms. The van der Waals surface area contributed by atoms with Crippen LogP contribution in [0, 0.1) is 0 Å². The van der Waals surface area contributed by atoms with Crippen molar-refractivity contribution >= 4 is 6.29 Å². The third-order valence-corrected chi connectivity index (χ3v) is 2.22. The second-order valence-corrected chi connectivity index (χ2v) is 4.83. The lowest BCUT2D eigenvalue weighted by atomic mass is 10.2. The first-order valence-electron chi connectivity index (χ1n) is 5.86. The Labute approximate surface area is 108 Å². The molecule has 0 radical (unpaired) electrons. The molecule has 18 heavy (non-hydrogen) atoms. The fourth-order valence-corrected chi connectivity index (χ4v) is 1.38. The van der Waals surface area contributed by atoms with Gasteiger partial charge < -0.3 is 14.2 Å². The van der Waals surface area contributed by atoms with Gasteiger partial charge >= 0.3 is 0 Å². The smallest absolute Gasteiger partial charge is 0.153 e. The summed E-state index contributed by atoms with van der Waals surface area (Å²) in [6.07, 6.45) is 0.752. The zero-order valence-electron chi connectivity index (χ0n) is 11.4. The summed E-state index contributed by atoms with van der Waals surface area (Å²) in [6, 6.07) is 5.12. The van der Waals surface area contributed by atoms with Gasteiger partial charge in [0.25, 0.3) is 0 Å². The molecule has 0 aliphatic rings. The van der Waals surface area contributed by atoms with Gasteiger partial charge in [-0.3, -0.25) is 4.79 Å². The third kappa shape index (κ3) is 4.75. The second kappa shape index (κ2) is 6.40. The number of carbonyl (C=O) groups excluding carboxylic acids is 1. The minimum Gasteiger partial charge on any atom is -0.497 e. The maximum atomic E-state index is 10.9. The van der Waals surface area contributed by atoms with Gasteiger partial charge in [0, 0.05) is 0 Å². The Bertz CT molecular complexity index is 393. The van der Waals surface area contributed by atoms with Crippen molar-refractivity contribution in [2.24, 2.45) is 0 Å². The summed E-state index contributed by atoms with van der Waals surface area (Å²) in [4.78, 5) is 10.9. The van der Waals surface area contributed by atoms with E-state index in [2.05, 4.69) is 0 Å². The molecule has 0 saturated heterocycles. The molecule has 0 N–H and O–H groups in total. The minimum absolute atomic E-state index is 0.184. The highest BCUT2D eigenvalue weighted by molar-refractivity contribution is 5.80. The quantitative estimate of drug-likeness (QED) is 0.577. The third-order valence-electron chi connectivity index (χ3n) is 2.22. The van der Waals surface area contributed by atoms with E-state index in [1.165, 1.54) is 0 Å². The first-order chi connectivity index (χ1) is 8.46. The summed E-state index contributed by atoms with van der Waals surface area (Å²) >= 11 is 0. The van der Waals surface area contributed by atoms with E-state index in [0.29, 0.717) is 30.3 Å². The molecule has 4 heteroatoms. The number of ether oxygens (including phenoxy) is 3. The number of hydrogen-bond acceptors (Lipinski definition) is 4. The molecule has 0 aromatic heterocycles. The van der Waals surface area contributed by atoms with Crippen LogP contribution < -0.4 is 9.47 Å². The summed E-state index contributed by atoms with van der Waals surface area (Å²) < 4.78 is 16.1. The van der Waals surface area contributed by atoms with Crippen LogP contribution in [0.1, 0.15) is 31.1 Å². The Morgan fingerprint density at radius 3 is 2.50 bits per heavy atom. The van der Waals surface area contributed by atoms with Crippen molar-refractivity contribution in [1.29, 1.82) is 0 Å². The fourth-order valence-electron chi connectivity index (χ4n) is 1.38. The molecule has 0 aliphatic heterocycles. The van der Waals surface area contributed by atoms with Crippen molar-refractivity contribution in [2.75, 3.05) is 20.3 Å². The highest BCUT2D eigenvalue weighted by Gasteiger charge is 2.10. The van der Waals surface area contributed by atoms with Gasteiger partial charge in [0.05, 0.1) is 24.9 Å². The molecule has 0 saturated carbocycles. The molecule has 1 aromatic carbocycles. The van der Waals surface area contributed by atoms with Crippen molar-refractivity contribution in [1.82, 2.24) is 0 Å². The Morgan fingerprint density at radius 2 is 1.94 bits per heavy atom. The average Bonchev–Trinajstić information content (AvgIpc) is 2.33. The van der Waals surface area contributed by atoms with Crippen molar-refractivity contribution in [3.63, 3.8) is 0 Å². The molecule has 4 nitrogen and oxygen atoms in total. The summed E-state index contributed by atoms with van der Waals surface area (Å²) in [5.41, 5.74) is 0.293. The van der Waals surface area contributed by atoms with Gasteiger partial charge in [-0.2, -0.15) is 0 Å². The normalized spacial score (nSPS) is 11.1. The molecule has 0 heterocycles. The van der Waals surface area contributed by atoms with Crippen LogP contribution in [0.15, 0.2) is 18.2 Å². The molecule has 0 aliphatic carbocycles. The van der Waals surface area contributed by atoms with Gasteiger partial charge in [-0.05, 0) is 39.0 Å². The van der Waals surface area contributed by atoms with Crippen molar-refractivity contribution in [3.8, 4) is 11.5 Å². The minimum atomic E-state index is -0.184. The zero-order chi connectivity index (χ0) is 13.6. The first kappa shape index (κ1) is 14.5. The number of carbonyl (C=O) groups is 1. The van der Waals surface area contributed by atoms with Gasteiger partial charge in [-0.15, -0.1) is 0 Å². The summed E-state index contributed by atoms with van der Waals surface area (Å²) in [5.74, 6) is 1.18. The van der Waals surface area contributed by atoms with Crippen molar-refractivity contribution in [2.45, 2.75) is 26.4 Å². The molecule has 1 aromatic rings. The lowest BCUT2D eigenvalue weighted by Crippen LogP contribution is -2.22. The average molecular weight is 252 g/mol. The molecule has 0 atom stereocenters. The highest BCUT2D eigenvalue weighted by Crippen LogP contribution is 2.22. The second-order valence-electron chi connectivity index (χ2n) is 4.83. The van der Waals surface area contributed by atoms with Gasteiger partial charge in [0.2, 0.25) is 0 Å². The number of methoxy groups -OCH3 is 1. The summed E-state index contributed by atoms with van der Waals surface area (Å²) in [7, 11) is 1.56. The van der Waals surface area contributed by atoms with Crippen LogP contribution in [0.2, 0.25) is 0 Å². The number of benzene rings is 1. The van der Waals surface area contributed by atoms with E-state index in [4.69, 9.17) is 14.2 Å². The standard InChI is InChI=1S/C14H20O4/c1-14(2,3)18-8-7-17-13-6-5-12(16-4)9-11(13)10-15/h5-6,9-10H,7-8H2,1-4H3. The molecule has 0 unspecified atom stereocenters. The first-order valence-corrected chi connectivity index (χ1v) is 5.86. The van der Waals surface area contributed by atoms with E-state index < -0.39 is 0 Å². The molecule has 0 fully saturated rings.